The minimum absolute atomic E-state index is 0.283. The van der Waals surface area contributed by atoms with Crippen molar-refractivity contribution < 1.29 is 19.0 Å². The average molecular weight is 196 g/mol. The van der Waals surface area contributed by atoms with E-state index in [1.165, 1.54) is 6.08 Å². The van der Waals surface area contributed by atoms with E-state index in [2.05, 4.69) is 4.99 Å². The highest BCUT2D eigenvalue weighted by atomic mass is 16.6. The zero-order valence-electron chi connectivity index (χ0n) is 7.25. The van der Waals surface area contributed by atoms with Crippen molar-refractivity contribution in [2.75, 3.05) is 13.2 Å². The van der Waals surface area contributed by atoms with Crippen molar-refractivity contribution in [3.8, 4) is 6.26 Å². The molecule has 4 atom stereocenters. The van der Waals surface area contributed by atoms with Crippen LogP contribution in [0.15, 0.2) is 4.99 Å². The van der Waals surface area contributed by atoms with Crippen LogP contribution in [-0.2, 0) is 19.0 Å². The highest BCUT2D eigenvalue weighted by Gasteiger charge is 2.49. The van der Waals surface area contributed by atoms with E-state index in [-0.39, 0.29) is 24.4 Å². The van der Waals surface area contributed by atoms with Crippen molar-refractivity contribution in [2.45, 2.75) is 24.4 Å². The van der Waals surface area contributed by atoms with Gasteiger partial charge < -0.3 is 14.2 Å². The van der Waals surface area contributed by atoms with E-state index in [0.717, 1.165) is 0 Å². The largest absolute Gasteiger partial charge is 0.419 e. The van der Waals surface area contributed by atoms with E-state index in [1.54, 1.807) is 6.26 Å². The Labute approximate surface area is 80.1 Å². The van der Waals surface area contributed by atoms with Gasteiger partial charge in [-0.15, -0.1) is 0 Å². The lowest BCUT2D eigenvalue weighted by atomic mass is 10.1. The molecule has 0 aromatic rings. The van der Waals surface area contributed by atoms with Crippen molar-refractivity contribution >= 4 is 6.08 Å². The Kier molecular flexibility index (Phi) is 2.46. The molecule has 74 valence electrons. The Hall–Kier alpha value is -1.41. The molecule has 0 unspecified atom stereocenters. The van der Waals surface area contributed by atoms with E-state index >= 15 is 0 Å². The predicted molar refractivity (Wildman–Crippen MR) is 41.9 cm³/mol. The van der Waals surface area contributed by atoms with Crippen LogP contribution in [0.1, 0.15) is 0 Å². The molecule has 14 heavy (non-hydrogen) atoms. The molecule has 2 saturated heterocycles. The maximum absolute atomic E-state index is 10.1. The topological polar surface area (TPSA) is 80.9 Å². The molecule has 0 aromatic heterocycles. The van der Waals surface area contributed by atoms with Crippen LogP contribution >= 0.6 is 0 Å². The molecule has 2 aliphatic heterocycles. The van der Waals surface area contributed by atoms with E-state index in [4.69, 9.17) is 19.5 Å². The summed E-state index contributed by atoms with van der Waals surface area (Å²) in [6.45, 7) is 0.615. The van der Waals surface area contributed by atoms with E-state index < -0.39 is 0 Å². The number of hydrogen-bond acceptors (Lipinski definition) is 6. The van der Waals surface area contributed by atoms with Crippen LogP contribution in [0.25, 0.3) is 0 Å². The lowest BCUT2D eigenvalue weighted by molar-refractivity contribution is 0.0160. The van der Waals surface area contributed by atoms with Crippen molar-refractivity contribution in [3.05, 3.63) is 0 Å². The summed E-state index contributed by atoms with van der Waals surface area (Å²) in [5.74, 6) is 0. The van der Waals surface area contributed by atoms with Gasteiger partial charge in [0, 0.05) is 0 Å². The van der Waals surface area contributed by atoms with E-state index in [9.17, 15) is 4.79 Å². The number of ether oxygens (including phenoxy) is 3. The molecule has 6 heteroatoms. The Morgan fingerprint density at radius 3 is 2.86 bits per heavy atom. The molecular weight excluding hydrogens is 188 g/mol. The molecule has 6 nitrogen and oxygen atoms in total. The lowest BCUT2D eigenvalue weighted by Gasteiger charge is -2.11. The number of fused-ring (bicyclic) bond motifs is 1. The smallest absolute Gasteiger partial charge is 0.286 e. The summed E-state index contributed by atoms with van der Waals surface area (Å²) in [7, 11) is 0. The van der Waals surface area contributed by atoms with Gasteiger partial charge in [0.25, 0.3) is 6.26 Å². The average Bonchev–Trinajstić information content (AvgIpc) is 2.72. The van der Waals surface area contributed by atoms with Gasteiger partial charge in [-0.3, -0.25) is 0 Å². The highest BCUT2D eigenvalue weighted by Crippen LogP contribution is 2.29. The van der Waals surface area contributed by atoms with Gasteiger partial charge in [-0.1, -0.05) is 0 Å². The second kappa shape index (κ2) is 3.76. The maximum atomic E-state index is 10.1. The van der Waals surface area contributed by atoms with Crippen molar-refractivity contribution in [2.24, 2.45) is 4.99 Å². The van der Waals surface area contributed by atoms with Crippen LogP contribution in [0, 0.1) is 11.5 Å². The minimum Gasteiger partial charge on any atom is -0.419 e. The third kappa shape index (κ3) is 1.38. The fourth-order valence-corrected chi connectivity index (χ4v) is 1.79. The fourth-order valence-electron chi connectivity index (χ4n) is 1.79. The maximum Gasteiger partial charge on any atom is 0.286 e. The Balaban J connectivity index is 2.04. The zero-order chi connectivity index (χ0) is 9.97. The molecule has 0 aromatic carbocycles. The minimum atomic E-state index is -0.378. The van der Waals surface area contributed by atoms with Gasteiger partial charge in [0.2, 0.25) is 6.08 Å². The van der Waals surface area contributed by atoms with Gasteiger partial charge in [-0.25, -0.2) is 4.79 Å². The normalized spacial score (nSPS) is 39.6. The molecule has 2 rings (SSSR count). The van der Waals surface area contributed by atoms with Crippen LogP contribution in [0.4, 0.5) is 0 Å². The van der Waals surface area contributed by atoms with E-state index in [1.807, 2.05) is 0 Å². The fraction of sp³-hybridized carbons (Fsp3) is 0.750. The first kappa shape index (κ1) is 9.16. The molecule has 0 spiro atoms. The molecule has 2 heterocycles. The number of nitriles is 1. The van der Waals surface area contributed by atoms with Crippen molar-refractivity contribution in [3.63, 3.8) is 0 Å². The molecule has 0 N–H and O–H groups in total. The van der Waals surface area contributed by atoms with Gasteiger partial charge >= 0.3 is 0 Å². The zero-order valence-corrected chi connectivity index (χ0v) is 7.25. The first-order valence-corrected chi connectivity index (χ1v) is 4.21. The van der Waals surface area contributed by atoms with Crippen molar-refractivity contribution in [1.82, 2.24) is 0 Å². The number of carbonyl (C=O) groups excluding carboxylic acids is 1. The van der Waals surface area contributed by atoms with Gasteiger partial charge in [-0.05, 0) is 0 Å². The molecule has 0 aliphatic carbocycles. The number of aliphatic imine (C=N–C) groups is 1. The van der Waals surface area contributed by atoms with E-state index in [0.29, 0.717) is 13.2 Å². The third-order valence-electron chi connectivity index (χ3n) is 2.40. The number of hydrogen-bond donors (Lipinski definition) is 0. The Morgan fingerprint density at radius 2 is 2.14 bits per heavy atom. The van der Waals surface area contributed by atoms with Crippen LogP contribution in [-0.4, -0.2) is 43.6 Å². The highest BCUT2D eigenvalue weighted by molar-refractivity contribution is 5.34. The molecule has 0 radical (unpaired) electrons. The molecule has 0 bridgehead atoms. The Morgan fingerprint density at radius 1 is 1.36 bits per heavy atom. The van der Waals surface area contributed by atoms with Gasteiger partial charge in [0.15, 0.2) is 6.10 Å². The quantitative estimate of drug-likeness (QED) is 0.333. The summed E-state index contributed by atoms with van der Waals surface area (Å²) in [5.41, 5.74) is 0. The number of rotatable bonds is 2. The summed E-state index contributed by atoms with van der Waals surface area (Å²) in [4.78, 5) is 13.6. The number of isocyanates is 1. The predicted octanol–water partition coefficient (Wildman–Crippen LogP) is -0.645. The molecule has 0 amide bonds. The summed E-state index contributed by atoms with van der Waals surface area (Å²) in [6.07, 6.45) is 2.12. The SMILES string of the molecule is N#CO[C@@H]1CO[C@H]2[C@@H]1OC[C@H]2N=C=O. The van der Waals surface area contributed by atoms with Crippen LogP contribution < -0.4 is 0 Å². The summed E-state index contributed by atoms with van der Waals surface area (Å²) < 4.78 is 15.4. The van der Waals surface area contributed by atoms with Crippen LogP contribution in [0.2, 0.25) is 0 Å². The lowest BCUT2D eigenvalue weighted by Crippen LogP contribution is -2.31. The first-order chi connectivity index (χ1) is 6.86. The standard InChI is InChI=1S/C8H8N2O4/c9-3-14-6-2-13-7-5(10-4-11)1-12-8(6)7/h5-8H,1-2H2/t5-,6-,7-,8-/m1/s1. The molecular formula is C8H8N2O4. The van der Waals surface area contributed by atoms with Gasteiger partial charge in [-0.2, -0.15) is 10.3 Å². The van der Waals surface area contributed by atoms with Crippen molar-refractivity contribution in [1.29, 1.82) is 5.26 Å². The van der Waals surface area contributed by atoms with Gasteiger partial charge in [0.1, 0.15) is 18.2 Å². The van der Waals surface area contributed by atoms with Gasteiger partial charge in [0.05, 0.1) is 13.2 Å². The summed E-state index contributed by atoms with van der Waals surface area (Å²) in [6, 6.07) is -0.315. The second-order valence-corrected chi connectivity index (χ2v) is 3.13. The first-order valence-electron chi connectivity index (χ1n) is 4.21. The summed E-state index contributed by atoms with van der Waals surface area (Å²) >= 11 is 0. The Bertz CT molecular complexity index is 307. The van der Waals surface area contributed by atoms with Crippen LogP contribution in [0.3, 0.4) is 0 Å². The third-order valence-corrected chi connectivity index (χ3v) is 2.40. The number of nitrogens with zero attached hydrogens (tertiary/aromatic N) is 2. The van der Waals surface area contributed by atoms with Crippen LogP contribution in [0.5, 0.6) is 0 Å². The molecule has 2 aliphatic rings. The second-order valence-electron chi connectivity index (χ2n) is 3.13. The monoisotopic (exact) mass is 196 g/mol. The molecule has 2 fully saturated rings. The molecule has 0 saturated carbocycles. The summed E-state index contributed by atoms with van der Waals surface area (Å²) in [5, 5.41) is 8.35.